The summed E-state index contributed by atoms with van der Waals surface area (Å²) >= 11 is 3.38. The number of carboxylic acids is 1. The maximum Gasteiger partial charge on any atom is 0.118 e. The molecule has 0 heterocycles. The molecule has 0 amide bonds. The molecular formula is C12H14BrNO2. The lowest BCUT2D eigenvalue weighted by atomic mass is 10.2. The molecule has 0 saturated heterocycles. The molecule has 0 aromatic heterocycles. The van der Waals surface area contributed by atoms with Crippen LogP contribution in [0.4, 0.5) is 0 Å². The van der Waals surface area contributed by atoms with E-state index < -0.39 is 5.97 Å². The first kappa shape index (κ1) is 11.6. The van der Waals surface area contributed by atoms with E-state index in [0.29, 0.717) is 6.04 Å². The zero-order valence-electron chi connectivity index (χ0n) is 8.91. The first-order valence-corrected chi connectivity index (χ1v) is 6.23. The number of halogens is 1. The molecule has 1 N–H and O–H groups in total. The Hall–Kier alpha value is -0.870. The molecule has 16 heavy (non-hydrogen) atoms. The summed E-state index contributed by atoms with van der Waals surface area (Å²) in [5, 5.41) is 10.6. The van der Waals surface area contributed by atoms with Crippen LogP contribution < -0.4 is 10.0 Å². The largest absolute Gasteiger partial charge is 0.544 e. The average molecular weight is 284 g/mol. The first-order chi connectivity index (χ1) is 7.65. The Labute approximate surface area is 103 Å². The summed E-state index contributed by atoms with van der Waals surface area (Å²) in [4.78, 5) is 11.8. The molecule has 3 nitrogen and oxygen atoms in total. The minimum absolute atomic E-state index is 0.112. The van der Waals surface area contributed by atoms with Crippen molar-refractivity contribution in [2.75, 3.05) is 6.54 Å². The predicted molar refractivity (Wildman–Crippen MR) is 61.7 cm³/mol. The van der Waals surface area contributed by atoms with Crippen molar-refractivity contribution in [3.8, 4) is 0 Å². The molecule has 86 valence electrons. The van der Waals surface area contributed by atoms with Crippen LogP contribution in [0.1, 0.15) is 18.4 Å². The van der Waals surface area contributed by atoms with Crippen molar-refractivity contribution in [2.24, 2.45) is 0 Å². The van der Waals surface area contributed by atoms with Crippen LogP contribution in [0.15, 0.2) is 28.7 Å². The van der Waals surface area contributed by atoms with Crippen molar-refractivity contribution in [1.29, 1.82) is 0 Å². The highest BCUT2D eigenvalue weighted by Crippen LogP contribution is 2.16. The topological polar surface area (TPSA) is 44.6 Å². The van der Waals surface area contributed by atoms with Gasteiger partial charge in [-0.2, -0.15) is 0 Å². The summed E-state index contributed by atoms with van der Waals surface area (Å²) in [6.07, 6.45) is 2.28. The molecule has 1 unspecified atom stereocenters. The molecule has 1 aliphatic carbocycles. The Kier molecular flexibility index (Phi) is 3.61. The third kappa shape index (κ3) is 3.32. The Balaban J connectivity index is 1.99. The third-order valence-corrected chi connectivity index (χ3v) is 3.40. The zero-order valence-corrected chi connectivity index (χ0v) is 10.5. The van der Waals surface area contributed by atoms with E-state index >= 15 is 0 Å². The quantitative estimate of drug-likeness (QED) is 0.810. The Morgan fingerprint density at radius 1 is 1.38 bits per heavy atom. The molecule has 2 rings (SSSR count). The van der Waals surface area contributed by atoms with E-state index in [9.17, 15) is 9.90 Å². The van der Waals surface area contributed by atoms with Crippen molar-refractivity contribution in [3.63, 3.8) is 0 Å². The van der Waals surface area contributed by atoms with Crippen LogP contribution in [0.2, 0.25) is 0 Å². The SMILES string of the molecule is O=C([O-])C[NH+](Cc1ccc(Br)cc1)C1CC1. The zero-order chi connectivity index (χ0) is 11.5. The summed E-state index contributed by atoms with van der Waals surface area (Å²) in [6, 6.07) is 8.54. The maximum atomic E-state index is 10.6. The standard InChI is InChI=1S/C12H14BrNO2/c13-10-3-1-9(2-4-10)7-14(8-12(15)16)11-5-6-11/h1-4,11H,5-8H2,(H,15,16). The van der Waals surface area contributed by atoms with E-state index in [1.807, 2.05) is 24.3 Å². The van der Waals surface area contributed by atoms with Gasteiger partial charge in [0.15, 0.2) is 0 Å². The first-order valence-electron chi connectivity index (χ1n) is 5.44. The van der Waals surface area contributed by atoms with Gasteiger partial charge in [0.1, 0.15) is 13.1 Å². The van der Waals surface area contributed by atoms with E-state index in [-0.39, 0.29) is 6.54 Å². The van der Waals surface area contributed by atoms with Gasteiger partial charge in [0.2, 0.25) is 0 Å². The average Bonchev–Trinajstić information content (AvgIpc) is 3.03. The second-order valence-corrected chi connectivity index (χ2v) is 5.20. The molecule has 4 heteroatoms. The molecule has 1 saturated carbocycles. The predicted octanol–water partition coefficient (Wildman–Crippen LogP) is -0.254. The van der Waals surface area contributed by atoms with Gasteiger partial charge in [0, 0.05) is 22.9 Å². The highest BCUT2D eigenvalue weighted by atomic mass is 79.9. The van der Waals surface area contributed by atoms with Crippen LogP contribution in [0.25, 0.3) is 0 Å². The Morgan fingerprint density at radius 2 is 2.00 bits per heavy atom. The highest BCUT2D eigenvalue weighted by molar-refractivity contribution is 9.10. The fraction of sp³-hybridized carbons (Fsp3) is 0.417. The number of nitrogens with one attached hydrogen (secondary N) is 1. The highest BCUT2D eigenvalue weighted by Gasteiger charge is 2.33. The van der Waals surface area contributed by atoms with Gasteiger partial charge in [-0.05, 0) is 12.1 Å². The Morgan fingerprint density at radius 3 is 2.50 bits per heavy atom. The minimum Gasteiger partial charge on any atom is -0.544 e. The van der Waals surface area contributed by atoms with Gasteiger partial charge in [-0.15, -0.1) is 0 Å². The van der Waals surface area contributed by atoms with Gasteiger partial charge in [-0.25, -0.2) is 0 Å². The number of benzene rings is 1. The minimum atomic E-state index is -0.959. The lowest BCUT2D eigenvalue weighted by Gasteiger charge is -2.19. The summed E-state index contributed by atoms with van der Waals surface area (Å²) in [5.74, 6) is -0.959. The van der Waals surface area contributed by atoms with Gasteiger partial charge in [-0.1, -0.05) is 28.1 Å². The number of carbonyl (C=O) groups is 1. The van der Waals surface area contributed by atoms with Crippen LogP contribution in [0.3, 0.4) is 0 Å². The van der Waals surface area contributed by atoms with Crippen LogP contribution in [0, 0.1) is 0 Å². The monoisotopic (exact) mass is 283 g/mol. The Bertz CT molecular complexity index is 373. The number of quaternary nitrogens is 1. The van der Waals surface area contributed by atoms with Crippen LogP contribution in [-0.2, 0) is 11.3 Å². The molecule has 1 aliphatic rings. The molecule has 0 bridgehead atoms. The van der Waals surface area contributed by atoms with Crippen LogP contribution in [0.5, 0.6) is 0 Å². The van der Waals surface area contributed by atoms with Crippen LogP contribution >= 0.6 is 15.9 Å². The summed E-state index contributed by atoms with van der Waals surface area (Å²) in [6.45, 7) is 0.882. The van der Waals surface area contributed by atoms with E-state index in [4.69, 9.17) is 0 Å². The fourth-order valence-corrected chi connectivity index (χ4v) is 2.16. The van der Waals surface area contributed by atoms with Crippen molar-refractivity contribution >= 4 is 21.9 Å². The number of carboxylic acid groups (broad SMARTS) is 1. The third-order valence-electron chi connectivity index (χ3n) is 2.87. The number of hydrogen-bond acceptors (Lipinski definition) is 2. The van der Waals surface area contributed by atoms with E-state index in [1.54, 1.807) is 0 Å². The van der Waals surface area contributed by atoms with Crippen molar-refractivity contribution in [2.45, 2.75) is 25.4 Å². The smallest absolute Gasteiger partial charge is 0.118 e. The lowest BCUT2D eigenvalue weighted by molar-refractivity contribution is -0.919. The number of rotatable bonds is 5. The number of carbonyl (C=O) groups excluding carboxylic acids is 1. The van der Waals surface area contributed by atoms with Gasteiger partial charge in [-0.3, -0.25) is 0 Å². The summed E-state index contributed by atoms with van der Waals surface area (Å²) in [7, 11) is 0. The molecule has 0 spiro atoms. The molecule has 1 aromatic rings. The molecule has 1 fully saturated rings. The summed E-state index contributed by atoms with van der Waals surface area (Å²) < 4.78 is 1.05. The fourth-order valence-electron chi connectivity index (χ4n) is 1.89. The summed E-state index contributed by atoms with van der Waals surface area (Å²) in [5.41, 5.74) is 1.17. The van der Waals surface area contributed by atoms with Crippen LogP contribution in [-0.4, -0.2) is 18.6 Å². The van der Waals surface area contributed by atoms with Gasteiger partial charge in [0.05, 0.1) is 12.0 Å². The number of hydrogen-bond donors (Lipinski definition) is 1. The molecule has 1 aromatic carbocycles. The number of aliphatic carboxylic acids is 1. The molecule has 0 aliphatic heterocycles. The van der Waals surface area contributed by atoms with E-state index in [1.165, 1.54) is 5.56 Å². The second-order valence-electron chi connectivity index (χ2n) is 4.28. The molecular weight excluding hydrogens is 270 g/mol. The normalized spacial score (nSPS) is 17.1. The molecule has 0 radical (unpaired) electrons. The second kappa shape index (κ2) is 4.97. The van der Waals surface area contributed by atoms with Crippen molar-refractivity contribution < 1.29 is 14.8 Å². The van der Waals surface area contributed by atoms with E-state index in [2.05, 4.69) is 15.9 Å². The van der Waals surface area contributed by atoms with Crippen molar-refractivity contribution in [1.82, 2.24) is 0 Å². The van der Waals surface area contributed by atoms with Gasteiger partial charge in [0.25, 0.3) is 0 Å². The van der Waals surface area contributed by atoms with E-state index in [0.717, 1.165) is 28.8 Å². The van der Waals surface area contributed by atoms with Gasteiger partial charge < -0.3 is 14.8 Å². The lowest BCUT2D eigenvalue weighted by Crippen LogP contribution is -3.13. The maximum absolute atomic E-state index is 10.6. The van der Waals surface area contributed by atoms with Gasteiger partial charge >= 0.3 is 0 Å². The van der Waals surface area contributed by atoms with Crippen molar-refractivity contribution in [3.05, 3.63) is 34.3 Å². The molecule has 1 atom stereocenters.